The van der Waals surface area contributed by atoms with Crippen LogP contribution in [-0.2, 0) is 10.0 Å². The minimum absolute atomic E-state index is 0.215. The molecule has 3 aromatic heterocycles. The monoisotopic (exact) mass is 441 g/mol. The predicted octanol–water partition coefficient (Wildman–Crippen LogP) is 2.84. The van der Waals surface area contributed by atoms with Crippen molar-refractivity contribution < 1.29 is 21.9 Å². The van der Waals surface area contributed by atoms with E-state index in [1.165, 1.54) is 31.6 Å². The average molecular weight is 441 g/mol. The fourth-order valence-electron chi connectivity index (χ4n) is 2.64. The molecule has 156 valence electrons. The number of rotatable bonds is 4. The molecule has 0 atom stereocenters. The molecular formula is C20H13F2N5O3S. The Morgan fingerprint density at radius 3 is 2.65 bits per heavy atom. The van der Waals surface area contributed by atoms with E-state index in [4.69, 9.17) is 4.74 Å². The van der Waals surface area contributed by atoms with Gasteiger partial charge in [-0.1, -0.05) is 11.8 Å². The molecule has 0 spiro atoms. The third kappa shape index (κ3) is 4.15. The Bertz CT molecular complexity index is 1440. The standard InChI is InChI=1S/C20H13F2N5O3S/c1-30-18-7-3-14(11-23-18)31(28,29)27-17-6-5-16(21)15(19(17)22)4-2-12-8-13-10-25-26-20(13)24-9-12/h3,5-11,27H,1H3,(H,24,25,26). The Balaban J connectivity index is 1.66. The maximum atomic E-state index is 14.9. The van der Waals surface area contributed by atoms with Crippen LogP contribution in [0.3, 0.4) is 0 Å². The van der Waals surface area contributed by atoms with Crippen LogP contribution >= 0.6 is 0 Å². The van der Waals surface area contributed by atoms with E-state index in [9.17, 15) is 17.2 Å². The summed E-state index contributed by atoms with van der Waals surface area (Å²) in [5.74, 6) is 3.16. The first-order chi connectivity index (χ1) is 14.9. The lowest BCUT2D eigenvalue weighted by molar-refractivity contribution is 0.397. The van der Waals surface area contributed by atoms with Gasteiger partial charge in [-0.2, -0.15) is 5.10 Å². The minimum Gasteiger partial charge on any atom is -0.481 e. The molecule has 1 aromatic carbocycles. The predicted molar refractivity (Wildman–Crippen MR) is 108 cm³/mol. The number of aromatic amines is 1. The van der Waals surface area contributed by atoms with Gasteiger partial charge >= 0.3 is 0 Å². The zero-order valence-electron chi connectivity index (χ0n) is 15.8. The number of nitrogens with zero attached hydrogens (tertiary/aromatic N) is 3. The van der Waals surface area contributed by atoms with Gasteiger partial charge in [0.1, 0.15) is 10.7 Å². The summed E-state index contributed by atoms with van der Waals surface area (Å²) < 4.78 is 61.1. The number of sulfonamides is 1. The largest absolute Gasteiger partial charge is 0.481 e. The molecule has 0 amide bonds. The van der Waals surface area contributed by atoms with Crippen LogP contribution in [-0.4, -0.2) is 35.7 Å². The van der Waals surface area contributed by atoms with Crippen LogP contribution in [0.25, 0.3) is 11.0 Å². The highest BCUT2D eigenvalue weighted by atomic mass is 32.2. The summed E-state index contributed by atoms with van der Waals surface area (Å²) in [6, 6.07) is 6.14. The first-order valence-electron chi connectivity index (χ1n) is 8.69. The molecule has 8 nitrogen and oxygen atoms in total. The SMILES string of the molecule is COc1ccc(S(=O)(=O)Nc2ccc(F)c(C#Cc3cnc4[nH]ncc4c3)c2F)cn1. The molecule has 31 heavy (non-hydrogen) atoms. The Morgan fingerprint density at radius 1 is 1.06 bits per heavy atom. The Hall–Kier alpha value is -4.04. The number of benzene rings is 1. The second-order valence-electron chi connectivity index (χ2n) is 6.21. The molecule has 0 aliphatic heterocycles. The molecule has 0 aliphatic rings. The van der Waals surface area contributed by atoms with Crippen molar-refractivity contribution in [1.29, 1.82) is 0 Å². The Kier molecular flexibility index (Phi) is 5.22. The molecule has 0 unspecified atom stereocenters. The van der Waals surface area contributed by atoms with Crippen LogP contribution in [0, 0.1) is 23.5 Å². The summed E-state index contributed by atoms with van der Waals surface area (Å²) in [7, 11) is -2.79. The van der Waals surface area contributed by atoms with Crippen molar-refractivity contribution in [2.75, 3.05) is 11.8 Å². The number of anilines is 1. The number of methoxy groups -OCH3 is 1. The van der Waals surface area contributed by atoms with E-state index in [1.807, 2.05) is 0 Å². The molecule has 2 N–H and O–H groups in total. The van der Waals surface area contributed by atoms with Gasteiger partial charge in [0.05, 0.1) is 30.8 Å². The van der Waals surface area contributed by atoms with E-state index in [2.05, 4.69) is 36.7 Å². The van der Waals surface area contributed by atoms with Crippen LogP contribution in [0.1, 0.15) is 11.1 Å². The van der Waals surface area contributed by atoms with Crippen LogP contribution in [0.5, 0.6) is 5.88 Å². The van der Waals surface area contributed by atoms with Crippen molar-refractivity contribution in [3.8, 4) is 17.7 Å². The van der Waals surface area contributed by atoms with E-state index in [1.54, 1.807) is 6.07 Å². The van der Waals surface area contributed by atoms with Crippen molar-refractivity contribution in [3.63, 3.8) is 0 Å². The first kappa shape index (κ1) is 20.2. The molecule has 11 heteroatoms. The molecule has 0 radical (unpaired) electrons. The van der Waals surface area contributed by atoms with Crippen LogP contribution in [0.4, 0.5) is 14.5 Å². The van der Waals surface area contributed by atoms with Gasteiger partial charge < -0.3 is 4.74 Å². The summed E-state index contributed by atoms with van der Waals surface area (Å²) >= 11 is 0. The Labute approximate surface area is 175 Å². The number of ether oxygens (including phenoxy) is 1. The zero-order chi connectivity index (χ0) is 22.0. The number of pyridine rings is 2. The van der Waals surface area contributed by atoms with Crippen molar-refractivity contribution in [2.45, 2.75) is 4.90 Å². The number of fused-ring (bicyclic) bond motifs is 1. The van der Waals surface area contributed by atoms with Gasteiger partial charge in [-0.15, -0.1) is 0 Å². The summed E-state index contributed by atoms with van der Waals surface area (Å²) in [5, 5.41) is 7.20. The van der Waals surface area contributed by atoms with Gasteiger partial charge in [0.15, 0.2) is 11.5 Å². The van der Waals surface area contributed by atoms with Crippen LogP contribution in [0.2, 0.25) is 0 Å². The number of aromatic nitrogens is 4. The van der Waals surface area contributed by atoms with Crippen molar-refractivity contribution in [1.82, 2.24) is 20.2 Å². The molecule has 0 aliphatic carbocycles. The maximum absolute atomic E-state index is 14.9. The molecular weight excluding hydrogens is 428 g/mol. The highest BCUT2D eigenvalue weighted by molar-refractivity contribution is 7.92. The smallest absolute Gasteiger partial charge is 0.263 e. The minimum atomic E-state index is -4.17. The van der Waals surface area contributed by atoms with E-state index in [0.29, 0.717) is 16.6 Å². The summed E-state index contributed by atoms with van der Waals surface area (Å²) in [5.41, 5.74) is -0.0828. The van der Waals surface area contributed by atoms with Crippen molar-refractivity contribution >= 4 is 26.7 Å². The van der Waals surface area contributed by atoms with Gasteiger partial charge in [-0.05, 0) is 24.3 Å². The quantitative estimate of drug-likeness (QED) is 0.472. The lowest BCUT2D eigenvalue weighted by Gasteiger charge is -2.10. The Morgan fingerprint density at radius 2 is 1.90 bits per heavy atom. The number of nitrogens with one attached hydrogen (secondary N) is 2. The third-order valence-electron chi connectivity index (χ3n) is 4.19. The molecule has 0 bridgehead atoms. The lowest BCUT2D eigenvalue weighted by atomic mass is 10.1. The highest BCUT2D eigenvalue weighted by Gasteiger charge is 2.20. The molecule has 4 rings (SSSR count). The summed E-state index contributed by atoms with van der Waals surface area (Å²) in [6.07, 6.45) is 4.02. The second-order valence-corrected chi connectivity index (χ2v) is 7.89. The highest BCUT2D eigenvalue weighted by Crippen LogP contribution is 2.24. The van der Waals surface area contributed by atoms with Gasteiger partial charge in [0.2, 0.25) is 5.88 Å². The van der Waals surface area contributed by atoms with E-state index < -0.39 is 32.9 Å². The van der Waals surface area contributed by atoms with E-state index in [-0.39, 0.29) is 10.8 Å². The molecule has 0 fully saturated rings. The van der Waals surface area contributed by atoms with Gasteiger partial charge in [0, 0.05) is 23.2 Å². The fraction of sp³-hybridized carbons (Fsp3) is 0.0500. The normalized spacial score (nSPS) is 11.1. The number of halogens is 2. The maximum Gasteiger partial charge on any atom is 0.263 e. The van der Waals surface area contributed by atoms with Crippen molar-refractivity contribution in [2.24, 2.45) is 0 Å². The number of hydrogen-bond acceptors (Lipinski definition) is 6. The molecule has 0 saturated carbocycles. The van der Waals surface area contributed by atoms with Crippen LogP contribution < -0.4 is 9.46 Å². The molecule has 3 heterocycles. The van der Waals surface area contributed by atoms with Gasteiger partial charge in [0.25, 0.3) is 10.0 Å². The average Bonchev–Trinajstić information content (AvgIpc) is 3.23. The fourth-order valence-corrected chi connectivity index (χ4v) is 3.64. The van der Waals surface area contributed by atoms with Crippen molar-refractivity contribution in [3.05, 3.63) is 71.7 Å². The van der Waals surface area contributed by atoms with Gasteiger partial charge in [-0.25, -0.2) is 27.2 Å². The number of H-pyrrole nitrogens is 1. The molecule has 0 saturated heterocycles. The lowest BCUT2D eigenvalue weighted by Crippen LogP contribution is -2.15. The van der Waals surface area contributed by atoms with Gasteiger partial charge in [-0.3, -0.25) is 9.82 Å². The first-order valence-corrected chi connectivity index (χ1v) is 10.2. The second kappa shape index (κ2) is 8.00. The third-order valence-corrected chi connectivity index (χ3v) is 5.54. The number of hydrogen-bond donors (Lipinski definition) is 2. The van der Waals surface area contributed by atoms with E-state index >= 15 is 0 Å². The topological polar surface area (TPSA) is 110 Å². The summed E-state index contributed by atoms with van der Waals surface area (Å²) in [4.78, 5) is 7.69. The van der Waals surface area contributed by atoms with E-state index in [0.717, 1.165) is 18.3 Å². The van der Waals surface area contributed by atoms with Crippen LogP contribution in [0.15, 0.2) is 53.8 Å². The summed E-state index contributed by atoms with van der Waals surface area (Å²) in [6.45, 7) is 0. The zero-order valence-corrected chi connectivity index (χ0v) is 16.7. The molecule has 4 aromatic rings.